The van der Waals surface area contributed by atoms with Gasteiger partial charge in [-0.2, -0.15) is 0 Å². The van der Waals surface area contributed by atoms with E-state index in [0.29, 0.717) is 41.5 Å². The second-order valence-electron chi connectivity index (χ2n) is 12.2. The Bertz CT molecular complexity index is 2320. The largest absolute Gasteiger partial charge is 0.507 e. The van der Waals surface area contributed by atoms with E-state index in [9.17, 15) is 20.4 Å². The van der Waals surface area contributed by atoms with Gasteiger partial charge >= 0.3 is 0 Å². The third kappa shape index (κ3) is 4.77. The summed E-state index contributed by atoms with van der Waals surface area (Å²) in [7, 11) is 0. The molecule has 0 amide bonds. The van der Waals surface area contributed by atoms with Crippen molar-refractivity contribution in [2.75, 3.05) is 0 Å². The minimum atomic E-state index is 0.117. The Morgan fingerprint density at radius 3 is 1.09 bits per heavy atom. The van der Waals surface area contributed by atoms with E-state index < -0.39 is 0 Å². The maximum absolute atomic E-state index is 11.9. The molecule has 0 unspecified atom stereocenters. The van der Waals surface area contributed by atoms with Crippen LogP contribution in [0.15, 0.2) is 133 Å². The Balaban J connectivity index is 1.22. The summed E-state index contributed by atoms with van der Waals surface area (Å²) in [5, 5.41) is 53.4. The molecule has 8 rings (SSSR count). The van der Waals surface area contributed by atoms with Gasteiger partial charge in [0.25, 0.3) is 0 Å². The van der Waals surface area contributed by atoms with Crippen LogP contribution in [0.2, 0.25) is 0 Å². The molecule has 0 fully saturated rings. The molecule has 4 nitrogen and oxygen atoms in total. The van der Waals surface area contributed by atoms with Gasteiger partial charge in [0.15, 0.2) is 0 Å². The smallest absolute Gasteiger partial charge is 0.127 e. The number of aryl methyl sites for hydroxylation is 2. The van der Waals surface area contributed by atoms with Crippen molar-refractivity contribution in [1.29, 1.82) is 0 Å². The number of aromatic hydroxyl groups is 4. The van der Waals surface area contributed by atoms with E-state index in [1.54, 1.807) is 12.1 Å². The highest BCUT2D eigenvalue weighted by molar-refractivity contribution is 6.11. The van der Waals surface area contributed by atoms with Gasteiger partial charge in [0.1, 0.15) is 23.0 Å². The van der Waals surface area contributed by atoms with Crippen LogP contribution in [0.25, 0.3) is 65.3 Å². The standard InChI is InChI=1S/C43H32O4/c44-36-22-20-26-10-1-5-16-32(26)38(36)40-34-18-7-3-12-28(34)24-30(42(40)46)14-9-15-31-25-29-13-4-8-19-35(29)41(43(31)47)39-33-17-6-2-11-27(33)21-23-37(39)45/h1-8,10-13,16-25,44-47H,9,14-15H2. The first-order valence-corrected chi connectivity index (χ1v) is 15.9. The van der Waals surface area contributed by atoms with Gasteiger partial charge in [-0.3, -0.25) is 0 Å². The van der Waals surface area contributed by atoms with Crippen molar-refractivity contribution in [2.24, 2.45) is 0 Å². The van der Waals surface area contributed by atoms with Crippen molar-refractivity contribution in [3.05, 3.63) is 145 Å². The summed E-state index contributed by atoms with van der Waals surface area (Å²) in [6, 6.07) is 42.8. The Kier molecular flexibility index (Phi) is 6.92. The molecule has 0 saturated carbocycles. The first-order valence-electron chi connectivity index (χ1n) is 15.9. The fourth-order valence-electron chi connectivity index (χ4n) is 7.19. The number of phenols is 4. The molecule has 8 aromatic rings. The predicted octanol–water partition coefficient (Wildman–Crippen LogP) is 10.6. The molecule has 0 aliphatic rings. The lowest BCUT2D eigenvalue weighted by Crippen LogP contribution is -1.96. The van der Waals surface area contributed by atoms with E-state index in [0.717, 1.165) is 54.2 Å². The second-order valence-corrected chi connectivity index (χ2v) is 12.2. The fraction of sp³-hybridized carbons (Fsp3) is 0.0698. The molecular formula is C43H32O4. The first-order chi connectivity index (χ1) is 23.0. The zero-order chi connectivity index (χ0) is 32.1. The zero-order valence-corrected chi connectivity index (χ0v) is 25.6. The number of phenolic OH excluding ortho intramolecular Hbond substituents is 4. The zero-order valence-electron chi connectivity index (χ0n) is 25.6. The van der Waals surface area contributed by atoms with Crippen LogP contribution in [0, 0.1) is 0 Å². The molecule has 0 aliphatic carbocycles. The van der Waals surface area contributed by atoms with Crippen LogP contribution in [-0.4, -0.2) is 20.4 Å². The second kappa shape index (κ2) is 11.4. The highest BCUT2D eigenvalue weighted by Crippen LogP contribution is 2.48. The maximum atomic E-state index is 11.9. The van der Waals surface area contributed by atoms with Crippen LogP contribution in [0.1, 0.15) is 17.5 Å². The van der Waals surface area contributed by atoms with Gasteiger partial charge in [-0.1, -0.05) is 109 Å². The summed E-state index contributed by atoms with van der Waals surface area (Å²) >= 11 is 0. The van der Waals surface area contributed by atoms with Crippen LogP contribution >= 0.6 is 0 Å². The van der Waals surface area contributed by atoms with Gasteiger partial charge in [0, 0.05) is 22.3 Å². The SMILES string of the molecule is Oc1ccc2ccccc2c1-c1c(O)c(CCCc2cc3ccccc3c(-c3c(O)ccc4ccccc34)c2O)cc2ccccc12. The number of hydrogen-bond donors (Lipinski definition) is 4. The van der Waals surface area contributed by atoms with Gasteiger partial charge in [0.2, 0.25) is 0 Å². The van der Waals surface area contributed by atoms with Crippen molar-refractivity contribution < 1.29 is 20.4 Å². The summed E-state index contributed by atoms with van der Waals surface area (Å²) < 4.78 is 0. The molecular weight excluding hydrogens is 580 g/mol. The Hall–Kier alpha value is -6.00. The molecule has 0 radical (unpaired) electrons. The van der Waals surface area contributed by atoms with E-state index in [1.807, 2.05) is 121 Å². The Labute approximate surface area is 272 Å². The van der Waals surface area contributed by atoms with Gasteiger partial charge in [0.05, 0.1) is 0 Å². The van der Waals surface area contributed by atoms with Crippen molar-refractivity contribution >= 4 is 43.1 Å². The minimum absolute atomic E-state index is 0.117. The molecule has 8 aromatic carbocycles. The number of benzene rings is 8. The van der Waals surface area contributed by atoms with Gasteiger partial charge < -0.3 is 20.4 Å². The third-order valence-electron chi connectivity index (χ3n) is 9.41. The molecule has 47 heavy (non-hydrogen) atoms. The van der Waals surface area contributed by atoms with E-state index in [1.165, 1.54) is 0 Å². The van der Waals surface area contributed by atoms with Crippen molar-refractivity contribution in [2.45, 2.75) is 19.3 Å². The highest BCUT2D eigenvalue weighted by atomic mass is 16.3. The van der Waals surface area contributed by atoms with Gasteiger partial charge in [-0.25, -0.2) is 0 Å². The van der Waals surface area contributed by atoms with E-state index in [2.05, 4.69) is 0 Å². The molecule has 0 aliphatic heterocycles. The summed E-state index contributed by atoms with van der Waals surface area (Å²) in [5.74, 6) is 0.539. The summed E-state index contributed by atoms with van der Waals surface area (Å²) in [6.07, 6.45) is 1.76. The molecule has 4 N–H and O–H groups in total. The summed E-state index contributed by atoms with van der Waals surface area (Å²) in [4.78, 5) is 0. The van der Waals surface area contributed by atoms with Crippen molar-refractivity contribution in [3.63, 3.8) is 0 Å². The molecule has 228 valence electrons. The first kappa shape index (κ1) is 28.5. The molecule has 0 heterocycles. The van der Waals surface area contributed by atoms with Crippen LogP contribution in [0.3, 0.4) is 0 Å². The van der Waals surface area contributed by atoms with Crippen molar-refractivity contribution in [1.82, 2.24) is 0 Å². The Morgan fingerprint density at radius 2 is 0.681 bits per heavy atom. The summed E-state index contributed by atoms with van der Waals surface area (Å²) in [5.41, 5.74) is 4.02. The maximum Gasteiger partial charge on any atom is 0.127 e. The van der Waals surface area contributed by atoms with E-state index in [-0.39, 0.29) is 23.0 Å². The van der Waals surface area contributed by atoms with E-state index >= 15 is 0 Å². The lowest BCUT2D eigenvalue weighted by atomic mass is 9.88. The van der Waals surface area contributed by atoms with Crippen LogP contribution in [0.5, 0.6) is 23.0 Å². The number of rotatable bonds is 6. The topological polar surface area (TPSA) is 80.9 Å². The minimum Gasteiger partial charge on any atom is -0.507 e. The van der Waals surface area contributed by atoms with E-state index in [4.69, 9.17) is 0 Å². The van der Waals surface area contributed by atoms with Gasteiger partial charge in [-0.05, 0) is 97.7 Å². The molecule has 0 spiro atoms. The Morgan fingerprint density at radius 1 is 0.340 bits per heavy atom. The average Bonchev–Trinajstić information content (AvgIpc) is 3.10. The predicted molar refractivity (Wildman–Crippen MR) is 192 cm³/mol. The molecule has 0 bridgehead atoms. The van der Waals surface area contributed by atoms with Crippen LogP contribution < -0.4 is 0 Å². The van der Waals surface area contributed by atoms with Crippen molar-refractivity contribution in [3.8, 4) is 45.3 Å². The highest BCUT2D eigenvalue weighted by Gasteiger charge is 2.22. The monoisotopic (exact) mass is 612 g/mol. The molecule has 0 aromatic heterocycles. The fourth-order valence-corrected chi connectivity index (χ4v) is 7.19. The number of fused-ring (bicyclic) bond motifs is 4. The quantitative estimate of drug-likeness (QED) is 0.151. The van der Waals surface area contributed by atoms with Crippen LogP contribution in [-0.2, 0) is 12.8 Å². The molecule has 0 atom stereocenters. The molecule has 0 saturated heterocycles. The normalized spacial score (nSPS) is 11.6. The third-order valence-corrected chi connectivity index (χ3v) is 9.41. The lowest BCUT2D eigenvalue weighted by Gasteiger charge is -2.18. The average molecular weight is 613 g/mol. The molecule has 4 heteroatoms. The summed E-state index contributed by atoms with van der Waals surface area (Å²) in [6.45, 7) is 0. The van der Waals surface area contributed by atoms with Gasteiger partial charge in [-0.15, -0.1) is 0 Å². The number of hydrogen-bond acceptors (Lipinski definition) is 4. The lowest BCUT2D eigenvalue weighted by molar-refractivity contribution is 0.462. The van der Waals surface area contributed by atoms with Crippen LogP contribution in [0.4, 0.5) is 0 Å².